The van der Waals surface area contributed by atoms with Crippen LogP contribution in [-0.2, 0) is 10.0 Å². The molecule has 0 spiro atoms. The van der Waals surface area contributed by atoms with Crippen molar-refractivity contribution in [3.8, 4) is 0 Å². The van der Waals surface area contributed by atoms with Gasteiger partial charge in [0, 0.05) is 19.1 Å². The maximum atomic E-state index is 11.3. The zero-order valence-corrected chi connectivity index (χ0v) is 10.4. The van der Waals surface area contributed by atoms with Crippen LogP contribution in [0, 0.1) is 5.41 Å². The summed E-state index contributed by atoms with van der Waals surface area (Å²) in [5.41, 5.74) is 5.31. The van der Waals surface area contributed by atoms with Crippen LogP contribution < -0.4 is 10.5 Å². The molecule has 0 aromatic rings. The quantitative estimate of drug-likeness (QED) is 0.443. The van der Waals surface area contributed by atoms with Gasteiger partial charge in [0.2, 0.25) is 10.0 Å². The van der Waals surface area contributed by atoms with E-state index in [0.29, 0.717) is 6.54 Å². The van der Waals surface area contributed by atoms with E-state index in [1.807, 2.05) is 0 Å². The number of nitrogens with one attached hydrogen (secondary N) is 2. The van der Waals surface area contributed by atoms with Gasteiger partial charge in [-0.2, -0.15) is 0 Å². The minimum atomic E-state index is -3.10. The van der Waals surface area contributed by atoms with Crippen LogP contribution in [0.15, 0.2) is 0 Å². The first-order valence-corrected chi connectivity index (χ1v) is 7.13. The number of nitrogens with zero attached hydrogens (tertiary/aromatic N) is 1. The molecule has 7 heteroatoms. The molecular formula is C9H20N4O2S. The molecule has 0 aliphatic carbocycles. The Morgan fingerprint density at radius 2 is 2.06 bits per heavy atom. The van der Waals surface area contributed by atoms with Gasteiger partial charge in [0.25, 0.3) is 0 Å². The summed E-state index contributed by atoms with van der Waals surface area (Å²) in [7, 11) is -3.10. The summed E-state index contributed by atoms with van der Waals surface area (Å²) in [6.45, 7) is 3.69. The molecule has 0 bridgehead atoms. The summed E-state index contributed by atoms with van der Waals surface area (Å²) < 4.78 is 25.4. The third-order valence-corrected chi connectivity index (χ3v) is 4.16. The zero-order chi connectivity index (χ0) is 12.2. The number of hydrogen-bond acceptors (Lipinski definition) is 4. The maximum absolute atomic E-state index is 11.3. The molecule has 0 atom stereocenters. The second-order valence-electron chi connectivity index (χ2n) is 4.10. The molecule has 1 aliphatic rings. The predicted molar refractivity (Wildman–Crippen MR) is 64.0 cm³/mol. The fraction of sp³-hybridized carbons (Fsp3) is 0.889. The average Bonchev–Trinajstić information content (AvgIpc) is 2.20. The van der Waals surface area contributed by atoms with Gasteiger partial charge in [-0.3, -0.25) is 10.3 Å². The molecule has 1 heterocycles. The van der Waals surface area contributed by atoms with Crippen LogP contribution in [0.2, 0.25) is 0 Å². The Balaban J connectivity index is 2.35. The highest BCUT2D eigenvalue weighted by atomic mass is 32.2. The van der Waals surface area contributed by atoms with Crippen LogP contribution in [0.5, 0.6) is 0 Å². The van der Waals surface area contributed by atoms with Crippen molar-refractivity contribution < 1.29 is 8.42 Å². The molecule has 0 saturated carbocycles. The van der Waals surface area contributed by atoms with Crippen molar-refractivity contribution in [2.24, 2.45) is 5.73 Å². The Labute approximate surface area is 96.7 Å². The number of hydrogen-bond donors (Lipinski definition) is 3. The molecule has 0 aromatic heterocycles. The van der Waals surface area contributed by atoms with Crippen molar-refractivity contribution in [3.63, 3.8) is 0 Å². The molecule has 0 radical (unpaired) electrons. The van der Waals surface area contributed by atoms with E-state index in [1.165, 1.54) is 0 Å². The number of sulfonamides is 1. The molecule has 1 fully saturated rings. The Morgan fingerprint density at radius 1 is 1.50 bits per heavy atom. The summed E-state index contributed by atoms with van der Waals surface area (Å²) in [4.78, 5) is 2.07. The van der Waals surface area contributed by atoms with Gasteiger partial charge in [0.05, 0.1) is 12.3 Å². The van der Waals surface area contributed by atoms with Gasteiger partial charge >= 0.3 is 0 Å². The van der Waals surface area contributed by atoms with Crippen LogP contribution in [0.1, 0.15) is 19.8 Å². The highest BCUT2D eigenvalue weighted by molar-refractivity contribution is 7.89. The second-order valence-corrected chi connectivity index (χ2v) is 6.14. The van der Waals surface area contributed by atoms with E-state index in [2.05, 4.69) is 9.62 Å². The molecule has 6 nitrogen and oxygen atoms in total. The van der Waals surface area contributed by atoms with Crippen molar-refractivity contribution in [2.45, 2.75) is 25.8 Å². The lowest BCUT2D eigenvalue weighted by Gasteiger charge is -2.31. The lowest BCUT2D eigenvalue weighted by molar-refractivity contribution is 0.231. The summed E-state index contributed by atoms with van der Waals surface area (Å²) in [5.74, 6) is 0.285. The number of nitrogens with two attached hydrogens (primary N) is 1. The molecule has 94 valence electrons. The van der Waals surface area contributed by atoms with E-state index < -0.39 is 10.0 Å². The normalized spacial score (nSPS) is 19.8. The molecule has 1 saturated heterocycles. The van der Waals surface area contributed by atoms with Crippen LogP contribution in [-0.4, -0.2) is 50.6 Å². The van der Waals surface area contributed by atoms with Gasteiger partial charge in [0.1, 0.15) is 5.84 Å². The van der Waals surface area contributed by atoms with Crippen LogP contribution in [0.3, 0.4) is 0 Å². The van der Waals surface area contributed by atoms with Gasteiger partial charge in [0.15, 0.2) is 0 Å². The van der Waals surface area contributed by atoms with Gasteiger partial charge < -0.3 is 5.73 Å². The maximum Gasteiger partial charge on any atom is 0.211 e. The molecule has 0 amide bonds. The predicted octanol–water partition coefficient (Wildman–Crippen LogP) is -0.674. The van der Waals surface area contributed by atoms with E-state index in [4.69, 9.17) is 11.1 Å². The largest absolute Gasteiger partial charge is 0.387 e. The summed E-state index contributed by atoms with van der Waals surface area (Å²) in [5, 5.41) is 7.18. The lowest BCUT2D eigenvalue weighted by Crippen LogP contribution is -2.46. The van der Waals surface area contributed by atoms with Gasteiger partial charge in [-0.1, -0.05) is 0 Å². The Kier molecular flexibility index (Phi) is 4.69. The third-order valence-electron chi connectivity index (χ3n) is 2.71. The standard InChI is InChI=1S/C9H20N4O2S/c1-2-16(14,15)12-8-3-5-13(6-4-8)7-9(10)11/h8,12H,2-7H2,1H3,(H3,10,11). The van der Waals surface area contributed by atoms with E-state index in [-0.39, 0.29) is 17.6 Å². The van der Waals surface area contributed by atoms with E-state index in [0.717, 1.165) is 25.9 Å². The molecule has 0 aromatic carbocycles. The van der Waals surface area contributed by atoms with Crippen LogP contribution in [0.25, 0.3) is 0 Å². The van der Waals surface area contributed by atoms with Crippen LogP contribution >= 0.6 is 0 Å². The van der Waals surface area contributed by atoms with Crippen molar-refractivity contribution in [3.05, 3.63) is 0 Å². The SMILES string of the molecule is CCS(=O)(=O)NC1CCN(CC(=N)N)CC1. The first kappa shape index (κ1) is 13.4. The Morgan fingerprint density at radius 3 is 2.50 bits per heavy atom. The molecule has 16 heavy (non-hydrogen) atoms. The third kappa shape index (κ3) is 4.46. The van der Waals surface area contributed by atoms with E-state index in [9.17, 15) is 8.42 Å². The Hall–Kier alpha value is -0.660. The summed E-state index contributed by atoms with van der Waals surface area (Å²) >= 11 is 0. The minimum absolute atomic E-state index is 0.0353. The van der Waals surface area contributed by atoms with E-state index in [1.54, 1.807) is 6.92 Å². The zero-order valence-electron chi connectivity index (χ0n) is 9.57. The van der Waals surface area contributed by atoms with E-state index >= 15 is 0 Å². The van der Waals surface area contributed by atoms with Crippen LogP contribution in [0.4, 0.5) is 0 Å². The first-order chi connectivity index (χ1) is 7.43. The summed E-state index contributed by atoms with van der Waals surface area (Å²) in [6, 6.07) is 0.0353. The highest BCUT2D eigenvalue weighted by Crippen LogP contribution is 2.10. The van der Waals surface area contributed by atoms with Crippen molar-refractivity contribution in [2.75, 3.05) is 25.4 Å². The number of piperidine rings is 1. The first-order valence-electron chi connectivity index (χ1n) is 5.48. The van der Waals surface area contributed by atoms with Crippen molar-refractivity contribution in [1.29, 1.82) is 5.41 Å². The smallest absolute Gasteiger partial charge is 0.211 e. The highest BCUT2D eigenvalue weighted by Gasteiger charge is 2.22. The molecule has 1 aliphatic heterocycles. The molecule has 0 unspecified atom stereocenters. The topological polar surface area (TPSA) is 99.3 Å². The summed E-state index contributed by atoms with van der Waals surface area (Å²) in [6.07, 6.45) is 1.57. The van der Waals surface area contributed by atoms with Gasteiger partial charge in [-0.25, -0.2) is 13.1 Å². The number of likely N-dealkylation sites (tertiary alicyclic amines) is 1. The van der Waals surface area contributed by atoms with Crippen molar-refractivity contribution in [1.82, 2.24) is 9.62 Å². The fourth-order valence-electron chi connectivity index (χ4n) is 1.79. The lowest BCUT2D eigenvalue weighted by atomic mass is 10.1. The van der Waals surface area contributed by atoms with Gasteiger partial charge in [-0.05, 0) is 19.8 Å². The van der Waals surface area contributed by atoms with Gasteiger partial charge in [-0.15, -0.1) is 0 Å². The molecule has 1 rings (SSSR count). The van der Waals surface area contributed by atoms with Crippen molar-refractivity contribution >= 4 is 15.9 Å². The second kappa shape index (κ2) is 5.60. The monoisotopic (exact) mass is 248 g/mol. The molecular weight excluding hydrogens is 228 g/mol. The number of rotatable bonds is 5. The fourth-order valence-corrected chi connectivity index (χ4v) is 2.70. The Bertz CT molecular complexity index is 333. The number of amidine groups is 1. The minimum Gasteiger partial charge on any atom is -0.387 e. The molecule has 4 N–H and O–H groups in total. The average molecular weight is 248 g/mol.